The molecule has 0 fully saturated rings. The second kappa shape index (κ2) is 5.56. The third-order valence-corrected chi connectivity index (χ3v) is 3.37. The van der Waals surface area contributed by atoms with Gasteiger partial charge in [0.2, 0.25) is 0 Å². The van der Waals surface area contributed by atoms with E-state index in [0.29, 0.717) is 11.3 Å². The molecule has 0 aliphatic rings. The molecule has 0 aliphatic heterocycles. The average Bonchev–Trinajstić information content (AvgIpc) is 2.36. The lowest BCUT2D eigenvalue weighted by Gasteiger charge is -2.03. The molecular weight excluding hydrogens is 249 g/mol. The third-order valence-electron chi connectivity index (χ3n) is 2.31. The molecule has 2 aromatic rings. The van der Waals surface area contributed by atoms with Gasteiger partial charge in [-0.25, -0.2) is 4.39 Å². The second-order valence-corrected chi connectivity index (χ2v) is 4.79. The molecule has 0 atom stereocenters. The Hall–Kier alpha value is -1.99. The summed E-state index contributed by atoms with van der Waals surface area (Å²) in [4.78, 5) is 0.901. The molecule has 1 N–H and O–H groups in total. The number of hydrogen-bond donors (Lipinski definition) is 1. The van der Waals surface area contributed by atoms with E-state index < -0.39 is 5.82 Å². The van der Waals surface area contributed by atoms with E-state index in [1.54, 1.807) is 24.3 Å². The van der Waals surface area contributed by atoms with Crippen LogP contribution in [0.3, 0.4) is 0 Å². The van der Waals surface area contributed by atoms with Crippen LogP contribution in [0.4, 0.5) is 4.39 Å². The Morgan fingerprint density at radius 2 is 2.06 bits per heavy atom. The highest BCUT2D eigenvalue weighted by molar-refractivity contribution is 7.98. The van der Waals surface area contributed by atoms with Crippen LogP contribution in [0.1, 0.15) is 11.1 Å². The monoisotopic (exact) mass is 259 g/mol. The first kappa shape index (κ1) is 12.5. The van der Waals surface area contributed by atoms with Crippen LogP contribution in [0.2, 0.25) is 0 Å². The highest BCUT2D eigenvalue weighted by atomic mass is 32.2. The van der Waals surface area contributed by atoms with Crippen molar-refractivity contribution in [3.05, 3.63) is 59.4 Å². The lowest BCUT2D eigenvalue weighted by molar-refractivity contribution is 0.474. The Labute approximate surface area is 109 Å². The Balaban J connectivity index is 2.11. The van der Waals surface area contributed by atoms with E-state index in [-0.39, 0.29) is 5.75 Å². The molecule has 2 rings (SSSR count). The van der Waals surface area contributed by atoms with Crippen LogP contribution in [-0.2, 0) is 5.75 Å². The number of aromatic hydroxyl groups is 1. The van der Waals surface area contributed by atoms with Gasteiger partial charge in [-0.3, -0.25) is 0 Å². The Morgan fingerprint density at radius 3 is 2.78 bits per heavy atom. The second-order valence-electron chi connectivity index (χ2n) is 3.75. The zero-order chi connectivity index (χ0) is 13.0. The highest BCUT2D eigenvalue weighted by Crippen LogP contribution is 2.26. The molecule has 0 amide bonds. The lowest BCUT2D eigenvalue weighted by Crippen LogP contribution is -1.86. The number of halogens is 1. The minimum Gasteiger partial charge on any atom is -0.508 e. The van der Waals surface area contributed by atoms with Crippen molar-refractivity contribution in [3.63, 3.8) is 0 Å². The molecule has 0 saturated carbocycles. The fourth-order valence-electron chi connectivity index (χ4n) is 1.54. The summed E-state index contributed by atoms with van der Waals surface area (Å²) in [7, 11) is 0. The van der Waals surface area contributed by atoms with Crippen LogP contribution in [0.25, 0.3) is 0 Å². The van der Waals surface area contributed by atoms with E-state index in [0.717, 1.165) is 10.5 Å². The van der Waals surface area contributed by atoms with Crippen LogP contribution in [-0.4, -0.2) is 5.11 Å². The van der Waals surface area contributed by atoms with Crippen molar-refractivity contribution < 1.29 is 9.50 Å². The van der Waals surface area contributed by atoms with E-state index >= 15 is 0 Å². The van der Waals surface area contributed by atoms with E-state index in [4.69, 9.17) is 5.26 Å². The topological polar surface area (TPSA) is 44.0 Å². The van der Waals surface area contributed by atoms with Gasteiger partial charge in [-0.15, -0.1) is 11.8 Å². The molecule has 4 heteroatoms. The molecule has 0 radical (unpaired) electrons. The van der Waals surface area contributed by atoms with Gasteiger partial charge in [0.15, 0.2) is 0 Å². The van der Waals surface area contributed by atoms with Crippen molar-refractivity contribution in [2.24, 2.45) is 0 Å². The fraction of sp³-hybridized carbons (Fsp3) is 0.0714. The van der Waals surface area contributed by atoms with Crippen LogP contribution in [0.5, 0.6) is 5.75 Å². The summed E-state index contributed by atoms with van der Waals surface area (Å²) in [6.45, 7) is 0. The molecule has 0 unspecified atom stereocenters. The number of nitrogens with zero attached hydrogens (tertiary/aromatic N) is 1. The molecule has 0 bridgehead atoms. The fourth-order valence-corrected chi connectivity index (χ4v) is 2.42. The Bertz CT molecular complexity index is 607. The predicted molar refractivity (Wildman–Crippen MR) is 68.8 cm³/mol. The average molecular weight is 259 g/mol. The van der Waals surface area contributed by atoms with E-state index in [1.165, 1.54) is 23.9 Å². The summed E-state index contributed by atoms with van der Waals surface area (Å²) in [5, 5.41) is 18.1. The number of rotatable bonds is 3. The summed E-state index contributed by atoms with van der Waals surface area (Å²) in [5.41, 5.74) is 1.07. The maximum Gasteiger partial charge on any atom is 0.124 e. The lowest BCUT2D eigenvalue weighted by atomic mass is 10.1. The number of thioether (sulfide) groups is 1. The summed E-state index contributed by atoms with van der Waals surface area (Å²) in [6, 6.07) is 13.1. The molecule has 90 valence electrons. The minimum absolute atomic E-state index is 0.206. The first-order chi connectivity index (χ1) is 8.67. The van der Waals surface area contributed by atoms with E-state index in [1.807, 2.05) is 12.1 Å². The number of hydrogen-bond acceptors (Lipinski definition) is 3. The van der Waals surface area contributed by atoms with Gasteiger partial charge in [-0.2, -0.15) is 5.26 Å². The Kier molecular flexibility index (Phi) is 3.85. The molecule has 0 aromatic heterocycles. The quantitative estimate of drug-likeness (QED) is 0.855. The molecule has 2 nitrogen and oxygen atoms in total. The minimum atomic E-state index is -0.402. The molecule has 0 spiro atoms. The van der Waals surface area contributed by atoms with E-state index in [9.17, 15) is 9.50 Å². The smallest absolute Gasteiger partial charge is 0.124 e. The maximum atomic E-state index is 13.2. The zero-order valence-electron chi connectivity index (χ0n) is 9.43. The number of phenols is 1. The largest absolute Gasteiger partial charge is 0.508 e. The summed E-state index contributed by atoms with van der Waals surface area (Å²) in [6.07, 6.45) is 0. The first-order valence-corrected chi connectivity index (χ1v) is 6.27. The highest BCUT2D eigenvalue weighted by Gasteiger charge is 2.02. The molecular formula is C14H10FNOS. The number of phenolic OH excluding ortho intramolecular Hbond substituents is 1. The van der Waals surface area contributed by atoms with Gasteiger partial charge in [0, 0.05) is 10.6 Å². The SMILES string of the molecule is N#Cc1cc(F)cc(CSc2cccc(O)c2)c1. The molecule has 18 heavy (non-hydrogen) atoms. The normalized spacial score (nSPS) is 10.0. The van der Waals surface area contributed by atoms with Crippen molar-refractivity contribution in [1.82, 2.24) is 0 Å². The standard InChI is InChI=1S/C14H10FNOS/c15-12-5-10(8-16)4-11(6-12)9-18-14-3-1-2-13(17)7-14/h1-7,17H,9H2. The van der Waals surface area contributed by atoms with Gasteiger partial charge in [-0.05, 0) is 42.0 Å². The molecule has 0 heterocycles. The molecule has 0 aliphatic carbocycles. The summed E-state index contributed by atoms with van der Waals surface area (Å²) < 4.78 is 13.2. The Morgan fingerprint density at radius 1 is 1.22 bits per heavy atom. The van der Waals surface area contributed by atoms with Crippen molar-refractivity contribution in [2.75, 3.05) is 0 Å². The van der Waals surface area contributed by atoms with E-state index in [2.05, 4.69) is 0 Å². The first-order valence-electron chi connectivity index (χ1n) is 5.29. The van der Waals surface area contributed by atoms with Gasteiger partial charge in [0.05, 0.1) is 11.6 Å². The summed E-state index contributed by atoms with van der Waals surface area (Å²) in [5.74, 6) is 0.355. The number of nitriles is 1. The van der Waals surface area contributed by atoms with Gasteiger partial charge < -0.3 is 5.11 Å². The van der Waals surface area contributed by atoms with Gasteiger partial charge in [-0.1, -0.05) is 6.07 Å². The van der Waals surface area contributed by atoms with Crippen LogP contribution in [0.15, 0.2) is 47.4 Å². The maximum absolute atomic E-state index is 13.2. The van der Waals surface area contributed by atoms with Crippen molar-refractivity contribution in [2.45, 2.75) is 10.6 Å². The van der Waals surface area contributed by atoms with Gasteiger partial charge in [0.25, 0.3) is 0 Å². The zero-order valence-corrected chi connectivity index (χ0v) is 10.2. The summed E-state index contributed by atoms with van der Waals surface area (Å²) >= 11 is 1.48. The molecule has 0 saturated heterocycles. The van der Waals surface area contributed by atoms with Gasteiger partial charge >= 0.3 is 0 Å². The van der Waals surface area contributed by atoms with Crippen LogP contribution < -0.4 is 0 Å². The number of benzene rings is 2. The third kappa shape index (κ3) is 3.25. The molecule has 2 aromatic carbocycles. The van der Waals surface area contributed by atoms with Crippen molar-refractivity contribution in [3.8, 4) is 11.8 Å². The predicted octanol–water partition coefficient (Wildman–Crippen LogP) is 3.70. The van der Waals surface area contributed by atoms with Crippen molar-refractivity contribution in [1.29, 1.82) is 5.26 Å². The van der Waals surface area contributed by atoms with Crippen LogP contribution >= 0.6 is 11.8 Å². The van der Waals surface area contributed by atoms with Crippen molar-refractivity contribution >= 4 is 11.8 Å². The van der Waals surface area contributed by atoms with Gasteiger partial charge in [0.1, 0.15) is 11.6 Å². The van der Waals surface area contributed by atoms with Crippen LogP contribution in [0, 0.1) is 17.1 Å².